The molecule has 0 radical (unpaired) electrons. The maximum atomic E-state index is 8.91. The van der Waals surface area contributed by atoms with Gasteiger partial charge >= 0.3 is 0 Å². The Hall–Kier alpha value is -1.38. The Morgan fingerprint density at radius 3 is 2.94 bits per heavy atom. The second-order valence-corrected chi connectivity index (χ2v) is 4.90. The number of nitriles is 1. The van der Waals surface area contributed by atoms with Crippen LogP contribution < -0.4 is 0 Å². The van der Waals surface area contributed by atoms with Crippen LogP contribution in [0.1, 0.15) is 5.56 Å². The molecule has 0 bridgehead atoms. The van der Waals surface area contributed by atoms with Crippen LogP contribution in [0.4, 0.5) is 0 Å². The van der Waals surface area contributed by atoms with Crippen molar-refractivity contribution in [1.82, 2.24) is 10.2 Å². The van der Waals surface area contributed by atoms with Crippen molar-refractivity contribution in [3.05, 3.63) is 46.6 Å². The third-order valence-electron chi connectivity index (χ3n) is 1.82. The summed E-state index contributed by atoms with van der Waals surface area (Å²) in [6.07, 6.45) is 1.52. The van der Waals surface area contributed by atoms with E-state index in [0.29, 0.717) is 10.6 Å². The van der Waals surface area contributed by atoms with E-state index in [4.69, 9.17) is 5.26 Å². The largest absolute Gasteiger partial charge is 0.192 e. The molecule has 0 atom stereocenters. The number of rotatable bonds is 2. The lowest BCUT2D eigenvalue weighted by Crippen LogP contribution is -1.88. The first-order valence-electron chi connectivity index (χ1n) is 4.45. The number of hydrogen-bond donors (Lipinski definition) is 0. The molecule has 2 aromatic rings. The Labute approximate surface area is 106 Å². The maximum absolute atomic E-state index is 8.91. The summed E-state index contributed by atoms with van der Waals surface area (Å²) >= 11 is 4.82. The van der Waals surface area contributed by atoms with Gasteiger partial charge in [-0.1, -0.05) is 33.8 Å². The number of benzene rings is 1. The molecule has 0 amide bonds. The van der Waals surface area contributed by atoms with Gasteiger partial charge in [0.15, 0.2) is 0 Å². The van der Waals surface area contributed by atoms with Crippen molar-refractivity contribution in [3.8, 4) is 6.07 Å². The molecular formula is C11H6BrN3S. The summed E-state index contributed by atoms with van der Waals surface area (Å²) in [5, 5.41) is 17.3. The average Bonchev–Trinajstić information content (AvgIpc) is 2.30. The molecule has 1 aromatic heterocycles. The third-order valence-corrected chi connectivity index (χ3v) is 3.30. The van der Waals surface area contributed by atoms with Crippen LogP contribution in [-0.2, 0) is 0 Å². The first-order valence-corrected chi connectivity index (χ1v) is 6.06. The highest BCUT2D eigenvalue weighted by Gasteiger charge is 2.05. The van der Waals surface area contributed by atoms with Gasteiger partial charge in [-0.25, -0.2) is 0 Å². The fourth-order valence-corrected chi connectivity index (χ4v) is 2.54. The number of halogens is 1. The van der Waals surface area contributed by atoms with Crippen LogP contribution in [0.15, 0.2) is 50.9 Å². The SMILES string of the molecule is N#Cc1ccnnc1Sc1cccc(Br)c1. The minimum Gasteiger partial charge on any atom is -0.192 e. The van der Waals surface area contributed by atoms with E-state index in [0.717, 1.165) is 9.37 Å². The highest BCUT2D eigenvalue weighted by molar-refractivity contribution is 9.10. The third kappa shape index (κ3) is 2.60. The standard InChI is InChI=1S/C11H6BrN3S/c12-9-2-1-3-10(6-9)16-11-8(7-13)4-5-14-15-11/h1-6H. The van der Waals surface area contributed by atoms with E-state index < -0.39 is 0 Å². The van der Waals surface area contributed by atoms with E-state index in [2.05, 4.69) is 32.2 Å². The van der Waals surface area contributed by atoms with Gasteiger partial charge in [-0.2, -0.15) is 10.4 Å². The molecule has 0 unspecified atom stereocenters. The zero-order valence-corrected chi connectivity index (χ0v) is 10.5. The maximum Gasteiger partial charge on any atom is 0.141 e. The molecule has 1 heterocycles. The van der Waals surface area contributed by atoms with Crippen molar-refractivity contribution in [2.24, 2.45) is 0 Å². The molecule has 0 aliphatic carbocycles. The molecule has 0 saturated heterocycles. The Kier molecular flexibility index (Phi) is 3.54. The normalized spacial score (nSPS) is 9.75. The van der Waals surface area contributed by atoms with E-state index in [1.165, 1.54) is 18.0 Å². The summed E-state index contributed by atoms with van der Waals surface area (Å²) in [6.45, 7) is 0. The van der Waals surface area contributed by atoms with E-state index in [1.807, 2.05) is 24.3 Å². The van der Waals surface area contributed by atoms with Gasteiger partial charge in [0.05, 0.1) is 11.8 Å². The van der Waals surface area contributed by atoms with Gasteiger partial charge in [0.1, 0.15) is 11.1 Å². The average molecular weight is 292 g/mol. The Morgan fingerprint density at radius 1 is 1.31 bits per heavy atom. The zero-order valence-electron chi connectivity index (χ0n) is 8.09. The predicted octanol–water partition coefficient (Wildman–Crippen LogP) is 3.26. The smallest absolute Gasteiger partial charge is 0.141 e. The first-order chi connectivity index (χ1) is 7.79. The Bertz CT molecular complexity index is 551. The number of nitrogens with zero attached hydrogens (tertiary/aromatic N) is 3. The molecule has 3 nitrogen and oxygen atoms in total. The van der Waals surface area contributed by atoms with Crippen molar-refractivity contribution in [1.29, 1.82) is 5.26 Å². The van der Waals surface area contributed by atoms with E-state index in [-0.39, 0.29) is 0 Å². The Morgan fingerprint density at radius 2 is 2.19 bits per heavy atom. The van der Waals surface area contributed by atoms with Crippen LogP contribution >= 0.6 is 27.7 Å². The molecule has 0 aliphatic heterocycles. The molecule has 0 aliphatic rings. The summed E-state index contributed by atoms with van der Waals surface area (Å²) in [4.78, 5) is 1.02. The predicted molar refractivity (Wildman–Crippen MR) is 65.0 cm³/mol. The molecule has 2 rings (SSSR count). The lowest BCUT2D eigenvalue weighted by molar-refractivity contribution is 0.919. The fraction of sp³-hybridized carbons (Fsp3) is 0. The number of aromatic nitrogens is 2. The van der Waals surface area contributed by atoms with Crippen LogP contribution in [0, 0.1) is 11.3 Å². The van der Waals surface area contributed by atoms with Gasteiger partial charge < -0.3 is 0 Å². The molecule has 0 N–H and O–H groups in total. The minimum atomic E-state index is 0.542. The van der Waals surface area contributed by atoms with E-state index >= 15 is 0 Å². The monoisotopic (exact) mass is 291 g/mol. The molecular weight excluding hydrogens is 286 g/mol. The van der Waals surface area contributed by atoms with Gasteiger partial charge in [0.2, 0.25) is 0 Å². The molecule has 78 valence electrons. The fourth-order valence-electron chi connectivity index (χ4n) is 1.12. The lowest BCUT2D eigenvalue weighted by atomic mass is 10.3. The van der Waals surface area contributed by atoms with Gasteiger partial charge in [0, 0.05) is 9.37 Å². The van der Waals surface area contributed by atoms with Gasteiger partial charge in [-0.05, 0) is 24.3 Å². The summed E-state index contributed by atoms with van der Waals surface area (Å²) in [5.74, 6) is 0. The topological polar surface area (TPSA) is 49.6 Å². The molecule has 16 heavy (non-hydrogen) atoms. The summed E-state index contributed by atoms with van der Waals surface area (Å²) < 4.78 is 1.000. The molecule has 1 aromatic carbocycles. The summed E-state index contributed by atoms with van der Waals surface area (Å²) in [7, 11) is 0. The minimum absolute atomic E-state index is 0.542. The van der Waals surface area contributed by atoms with Crippen LogP contribution in [0.25, 0.3) is 0 Å². The zero-order chi connectivity index (χ0) is 11.4. The highest BCUT2D eigenvalue weighted by atomic mass is 79.9. The van der Waals surface area contributed by atoms with Crippen LogP contribution in [0.2, 0.25) is 0 Å². The lowest BCUT2D eigenvalue weighted by Gasteiger charge is -2.01. The summed E-state index contributed by atoms with van der Waals surface area (Å²) in [5.41, 5.74) is 0.542. The van der Waals surface area contributed by atoms with E-state index in [1.54, 1.807) is 6.07 Å². The van der Waals surface area contributed by atoms with Crippen LogP contribution in [-0.4, -0.2) is 10.2 Å². The second kappa shape index (κ2) is 5.10. The van der Waals surface area contributed by atoms with Crippen molar-refractivity contribution < 1.29 is 0 Å². The van der Waals surface area contributed by atoms with Crippen LogP contribution in [0.5, 0.6) is 0 Å². The first kappa shape index (κ1) is 11.1. The molecule has 5 heteroatoms. The molecule has 0 fully saturated rings. The van der Waals surface area contributed by atoms with Gasteiger partial charge in [0.25, 0.3) is 0 Å². The van der Waals surface area contributed by atoms with Crippen LogP contribution in [0.3, 0.4) is 0 Å². The quantitative estimate of drug-likeness (QED) is 0.852. The summed E-state index contributed by atoms with van der Waals surface area (Å²) in [6, 6.07) is 11.6. The van der Waals surface area contributed by atoms with E-state index in [9.17, 15) is 0 Å². The molecule has 0 saturated carbocycles. The second-order valence-electron chi connectivity index (χ2n) is 2.92. The van der Waals surface area contributed by atoms with Crippen molar-refractivity contribution in [3.63, 3.8) is 0 Å². The van der Waals surface area contributed by atoms with Gasteiger partial charge in [-0.3, -0.25) is 0 Å². The molecule has 0 spiro atoms. The van der Waals surface area contributed by atoms with Crippen molar-refractivity contribution in [2.75, 3.05) is 0 Å². The number of hydrogen-bond acceptors (Lipinski definition) is 4. The van der Waals surface area contributed by atoms with Gasteiger partial charge in [-0.15, -0.1) is 5.10 Å². The highest BCUT2D eigenvalue weighted by Crippen LogP contribution is 2.29. The van der Waals surface area contributed by atoms with Crippen molar-refractivity contribution in [2.45, 2.75) is 9.92 Å². The van der Waals surface area contributed by atoms with Crippen molar-refractivity contribution >= 4 is 27.7 Å². The Balaban J connectivity index is 2.31.